The minimum atomic E-state index is -0.503. The van der Waals surface area contributed by atoms with Crippen LogP contribution < -0.4 is 4.74 Å². The van der Waals surface area contributed by atoms with Gasteiger partial charge in [0, 0.05) is 24.7 Å². The molecular formula is C14H20ClNO2. The molecule has 1 aromatic rings. The highest BCUT2D eigenvalue weighted by atomic mass is 35.5. The third-order valence-corrected chi connectivity index (χ3v) is 3.48. The van der Waals surface area contributed by atoms with Gasteiger partial charge in [0.15, 0.2) is 0 Å². The standard InChI is InChI=1S/C14H20ClNO2/c1-14(17)7-9-16(11-14)8-2-10-18-13-5-3-12(15)4-6-13/h3-6,17H,2,7-11H2,1H3. The van der Waals surface area contributed by atoms with Gasteiger partial charge in [-0.1, -0.05) is 11.6 Å². The summed E-state index contributed by atoms with van der Waals surface area (Å²) in [7, 11) is 0. The molecule has 1 fully saturated rings. The number of halogens is 1. The van der Waals surface area contributed by atoms with Crippen LogP contribution in [0.2, 0.25) is 5.02 Å². The van der Waals surface area contributed by atoms with Crippen LogP contribution in [-0.4, -0.2) is 41.8 Å². The molecule has 1 atom stereocenters. The molecule has 100 valence electrons. The van der Waals surface area contributed by atoms with Crippen molar-refractivity contribution in [3.05, 3.63) is 29.3 Å². The van der Waals surface area contributed by atoms with E-state index in [1.54, 1.807) is 0 Å². The van der Waals surface area contributed by atoms with Crippen molar-refractivity contribution in [2.75, 3.05) is 26.2 Å². The molecule has 0 bridgehead atoms. The highest BCUT2D eigenvalue weighted by Gasteiger charge is 2.30. The molecule has 1 aliphatic heterocycles. The summed E-state index contributed by atoms with van der Waals surface area (Å²) in [6.07, 6.45) is 1.84. The van der Waals surface area contributed by atoms with Crippen LogP contribution in [0.15, 0.2) is 24.3 Å². The highest BCUT2D eigenvalue weighted by molar-refractivity contribution is 6.30. The number of hydrogen-bond acceptors (Lipinski definition) is 3. The van der Waals surface area contributed by atoms with Gasteiger partial charge in [0.2, 0.25) is 0 Å². The van der Waals surface area contributed by atoms with Crippen LogP contribution in [-0.2, 0) is 0 Å². The Kier molecular flexibility index (Phi) is 4.49. The number of benzene rings is 1. The molecule has 1 saturated heterocycles. The monoisotopic (exact) mass is 269 g/mol. The molecule has 18 heavy (non-hydrogen) atoms. The van der Waals surface area contributed by atoms with Crippen LogP contribution in [0.3, 0.4) is 0 Å². The largest absolute Gasteiger partial charge is 0.494 e. The first kappa shape index (κ1) is 13.7. The molecule has 1 aromatic carbocycles. The fourth-order valence-electron chi connectivity index (χ4n) is 2.24. The van der Waals surface area contributed by atoms with E-state index in [9.17, 15) is 5.11 Å². The van der Waals surface area contributed by atoms with Crippen molar-refractivity contribution in [3.8, 4) is 5.75 Å². The number of nitrogens with zero attached hydrogens (tertiary/aromatic N) is 1. The molecule has 1 unspecified atom stereocenters. The van der Waals surface area contributed by atoms with E-state index in [4.69, 9.17) is 16.3 Å². The van der Waals surface area contributed by atoms with E-state index >= 15 is 0 Å². The fraction of sp³-hybridized carbons (Fsp3) is 0.571. The van der Waals surface area contributed by atoms with E-state index in [-0.39, 0.29) is 0 Å². The Morgan fingerprint density at radius 3 is 2.72 bits per heavy atom. The summed E-state index contributed by atoms with van der Waals surface area (Å²) in [5.74, 6) is 0.854. The van der Waals surface area contributed by atoms with Crippen LogP contribution in [0.4, 0.5) is 0 Å². The van der Waals surface area contributed by atoms with Gasteiger partial charge in [-0.05, 0) is 44.0 Å². The lowest BCUT2D eigenvalue weighted by atomic mass is 10.1. The summed E-state index contributed by atoms with van der Waals surface area (Å²) in [6, 6.07) is 7.41. The highest BCUT2D eigenvalue weighted by Crippen LogP contribution is 2.20. The molecule has 0 spiro atoms. The third kappa shape index (κ3) is 4.16. The molecule has 1 aliphatic rings. The summed E-state index contributed by atoms with van der Waals surface area (Å²) in [5, 5.41) is 10.6. The first-order valence-corrected chi connectivity index (χ1v) is 6.76. The van der Waals surface area contributed by atoms with Crippen molar-refractivity contribution < 1.29 is 9.84 Å². The topological polar surface area (TPSA) is 32.7 Å². The minimum Gasteiger partial charge on any atom is -0.494 e. The van der Waals surface area contributed by atoms with Gasteiger partial charge in [0.05, 0.1) is 12.2 Å². The van der Waals surface area contributed by atoms with Gasteiger partial charge in [-0.15, -0.1) is 0 Å². The lowest BCUT2D eigenvalue weighted by molar-refractivity contribution is 0.0681. The second kappa shape index (κ2) is 5.91. The van der Waals surface area contributed by atoms with Crippen molar-refractivity contribution in [3.63, 3.8) is 0 Å². The van der Waals surface area contributed by atoms with Gasteiger partial charge in [0.25, 0.3) is 0 Å². The zero-order chi connectivity index (χ0) is 13.0. The molecule has 0 saturated carbocycles. The Balaban J connectivity index is 1.63. The van der Waals surface area contributed by atoms with Crippen molar-refractivity contribution in [2.24, 2.45) is 0 Å². The molecule has 0 radical (unpaired) electrons. The first-order valence-electron chi connectivity index (χ1n) is 6.38. The molecule has 4 heteroatoms. The van der Waals surface area contributed by atoms with E-state index < -0.39 is 5.60 Å². The van der Waals surface area contributed by atoms with Crippen LogP contribution in [0.5, 0.6) is 5.75 Å². The minimum absolute atomic E-state index is 0.503. The summed E-state index contributed by atoms with van der Waals surface area (Å²) in [5.41, 5.74) is -0.503. The average Bonchev–Trinajstić information content (AvgIpc) is 2.67. The van der Waals surface area contributed by atoms with Gasteiger partial charge in [-0.2, -0.15) is 0 Å². The van der Waals surface area contributed by atoms with Gasteiger partial charge >= 0.3 is 0 Å². The van der Waals surface area contributed by atoms with E-state index in [1.165, 1.54) is 0 Å². The predicted molar refractivity (Wildman–Crippen MR) is 73.2 cm³/mol. The summed E-state index contributed by atoms with van der Waals surface area (Å²) in [6.45, 7) is 5.32. The second-order valence-electron chi connectivity index (χ2n) is 5.18. The molecular weight excluding hydrogens is 250 g/mol. The average molecular weight is 270 g/mol. The Morgan fingerprint density at radius 2 is 2.11 bits per heavy atom. The van der Waals surface area contributed by atoms with Gasteiger partial charge in [0.1, 0.15) is 5.75 Å². The maximum atomic E-state index is 9.84. The van der Waals surface area contributed by atoms with Crippen LogP contribution in [0.25, 0.3) is 0 Å². The Bertz CT molecular complexity index is 378. The van der Waals surface area contributed by atoms with Crippen molar-refractivity contribution in [1.82, 2.24) is 4.90 Å². The molecule has 3 nitrogen and oxygen atoms in total. The lowest BCUT2D eigenvalue weighted by Crippen LogP contribution is -2.30. The smallest absolute Gasteiger partial charge is 0.119 e. The van der Waals surface area contributed by atoms with Gasteiger partial charge in [-0.25, -0.2) is 0 Å². The van der Waals surface area contributed by atoms with E-state index in [2.05, 4.69) is 4.90 Å². The SMILES string of the molecule is CC1(O)CCN(CCCOc2ccc(Cl)cc2)C1. The number of likely N-dealkylation sites (tertiary alicyclic amines) is 1. The van der Waals surface area contributed by atoms with Crippen LogP contribution >= 0.6 is 11.6 Å². The first-order chi connectivity index (χ1) is 8.55. The third-order valence-electron chi connectivity index (χ3n) is 3.23. The molecule has 0 aromatic heterocycles. The molecule has 0 amide bonds. The molecule has 1 N–H and O–H groups in total. The summed E-state index contributed by atoms with van der Waals surface area (Å²) < 4.78 is 5.62. The van der Waals surface area contributed by atoms with Crippen molar-refractivity contribution in [1.29, 1.82) is 0 Å². The fourth-order valence-corrected chi connectivity index (χ4v) is 2.36. The number of hydrogen-bond donors (Lipinski definition) is 1. The maximum Gasteiger partial charge on any atom is 0.119 e. The zero-order valence-electron chi connectivity index (χ0n) is 10.7. The quantitative estimate of drug-likeness (QED) is 0.834. The number of aliphatic hydroxyl groups is 1. The number of β-amino-alcohol motifs (C(OH)–C–C–N with tert-alkyl or cyclic N) is 1. The normalized spacial score (nSPS) is 24.4. The van der Waals surface area contributed by atoms with Crippen LogP contribution in [0, 0.1) is 0 Å². The summed E-state index contributed by atoms with van der Waals surface area (Å²) >= 11 is 5.80. The van der Waals surface area contributed by atoms with E-state index in [0.29, 0.717) is 6.61 Å². The number of ether oxygens (including phenoxy) is 1. The van der Waals surface area contributed by atoms with Crippen molar-refractivity contribution in [2.45, 2.75) is 25.4 Å². The summed E-state index contributed by atoms with van der Waals surface area (Å²) in [4.78, 5) is 2.28. The molecule has 0 aliphatic carbocycles. The Hall–Kier alpha value is -0.770. The molecule has 2 rings (SSSR count). The van der Waals surface area contributed by atoms with Crippen LogP contribution in [0.1, 0.15) is 19.8 Å². The predicted octanol–water partition coefficient (Wildman–Crippen LogP) is 2.57. The van der Waals surface area contributed by atoms with Gasteiger partial charge < -0.3 is 14.7 Å². The van der Waals surface area contributed by atoms with E-state index in [1.807, 2.05) is 31.2 Å². The Morgan fingerprint density at radius 1 is 1.39 bits per heavy atom. The number of rotatable bonds is 5. The van der Waals surface area contributed by atoms with Crippen molar-refractivity contribution >= 4 is 11.6 Å². The van der Waals surface area contributed by atoms with E-state index in [0.717, 1.165) is 43.2 Å². The van der Waals surface area contributed by atoms with Gasteiger partial charge in [-0.3, -0.25) is 0 Å². The Labute approximate surface area is 113 Å². The molecule has 1 heterocycles. The maximum absolute atomic E-state index is 9.84. The lowest BCUT2D eigenvalue weighted by Gasteiger charge is -2.18. The second-order valence-corrected chi connectivity index (χ2v) is 5.62. The zero-order valence-corrected chi connectivity index (χ0v) is 11.5.